The van der Waals surface area contributed by atoms with Crippen LogP contribution in [-0.2, 0) is 21.2 Å². The van der Waals surface area contributed by atoms with Crippen LogP contribution in [-0.4, -0.2) is 125 Å². The second-order valence-electron chi connectivity index (χ2n) is 21.0. The van der Waals surface area contributed by atoms with E-state index < -0.39 is 36.8 Å². The van der Waals surface area contributed by atoms with Gasteiger partial charge in [-0.15, -0.1) is 0 Å². The smallest absolute Gasteiger partial charge is 0.262 e. The van der Waals surface area contributed by atoms with Gasteiger partial charge in [0.1, 0.15) is 24.8 Å². The summed E-state index contributed by atoms with van der Waals surface area (Å²) in [6.45, 7) is 9.18. The van der Waals surface area contributed by atoms with Crippen LogP contribution >= 0.6 is 23.1 Å². The molecule has 3 N–H and O–H groups in total. The number of methoxy groups -OCH3 is 1. The van der Waals surface area contributed by atoms with Gasteiger partial charge < -0.3 is 29.7 Å². The molecular weight excluding hydrogens is 1030 g/mol. The number of benzene rings is 4. The third kappa shape index (κ3) is 10.1. The van der Waals surface area contributed by atoms with E-state index in [0.717, 1.165) is 115 Å². The lowest BCUT2D eigenvalue weighted by Gasteiger charge is -2.51. The van der Waals surface area contributed by atoms with E-state index in [2.05, 4.69) is 68.8 Å². The molecule has 75 heavy (non-hydrogen) atoms. The van der Waals surface area contributed by atoms with Crippen molar-refractivity contribution in [1.29, 1.82) is 0 Å². The lowest BCUT2D eigenvalue weighted by Crippen LogP contribution is -2.54. The predicted octanol–water partition coefficient (Wildman–Crippen LogP) is 8.80. The molecule has 0 radical (unpaired) electrons. The summed E-state index contributed by atoms with van der Waals surface area (Å²) < 4.78 is 22.2. The molecule has 4 aromatic carbocycles. The van der Waals surface area contributed by atoms with Crippen molar-refractivity contribution < 1.29 is 28.5 Å². The second kappa shape index (κ2) is 20.3. The van der Waals surface area contributed by atoms with E-state index in [4.69, 9.17) is 9.72 Å². The van der Waals surface area contributed by atoms with E-state index in [-0.39, 0.29) is 18.3 Å². The molecule has 19 heteroatoms. The Morgan fingerprint density at radius 3 is 2.27 bits per heavy atom. The van der Waals surface area contributed by atoms with Crippen molar-refractivity contribution in [2.75, 3.05) is 80.1 Å². The first kappa shape index (κ1) is 50.3. The number of amides is 4. The van der Waals surface area contributed by atoms with Crippen LogP contribution in [0.5, 0.6) is 5.75 Å². The molecule has 11 rings (SSSR count). The highest BCUT2D eigenvalue weighted by atomic mass is 79.9. The molecule has 0 aliphatic carbocycles. The van der Waals surface area contributed by atoms with Crippen LogP contribution in [0.25, 0.3) is 22.3 Å². The van der Waals surface area contributed by atoms with Crippen LogP contribution < -0.4 is 35.8 Å². The maximum Gasteiger partial charge on any atom is 0.262 e. The Labute approximate surface area is 444 Å². The standard InChI is InChI=1S/C56H61BrN11O6P/c1-64-33-37(31-59-64)41-29-45(61-55-58-32-43(57)51(63-55)60-44-14-11-36(27-49(44)75(3,4)73)35-9-6-5-7-10-35)48(74-2)30-47(41)66-23-17-38(18-24-66)67-22-8-19-56(34-67)20-25-65(26-21-56)39-12-13-40-42(28-39)54(72)68(53(40)71)46-15-16-50(69)62-52(46)70/h5-7,9-14,27-33,38,46H,8,15-26,34H2,1-4H3,(H,62,69,70)(H2,58,60,61,63). The number of likely N-dealkylation sites (tertiary alicyclic amines) is 1. The topological polar surface area (TPSA) is 187 Å². The van der Waals surface area contributed by atoms with Gasteiger partial charge in [0.15, 0.2) is 0 Å². The number of hydrogen-bond acceptors (Lipinski definition) is 14. The number of aromatic nitrogens is 4. The number of anilines is 6. The molecule has 0 saturated carbocycles. The summed E-state index contributed by atoms with van der Waals surface area (Å²) in [5, 5.41) is 14.4. The predicted molar refractivity (Wildman–Crippen MR) is 295 cm³/mol. The molecule has 4 amide bonds. The molecule has 4 saturated heterocycles. The van der Waals surface area contributed by atoms with Crippen molar-refractivity contribution in [2.45, 2.75) is 63.5 Å². The van der Waals surface area contributed by atoms with Crippen LogP contribution in [0, 0.1) is 5.41 Å². The fourth-order valence-corrected chi connectivity index (χ4v) is 13.3. The number of nitrogens with zero attached hydrogens (tertiary/aromatic N) is 8. The van der Waals surface area contributed by atoms with Crippen molar-refractivity contribution >= 4 is 86.5 Å². The molecule has 0 bridgehead atoms. The van der Waals surface area contributed by atoms with Gasteiger partial charge in [0, 0.05) is 98.5 Å². The number of aryl methyl sites for hydroxylation is 1. The normalized spacial score (nSPS) is 19.4. The number of fused-ring (bicyclic) bond motifs is 1. The molecular formula is C56H61BrN11O6P. The van der Waals surface area contributed by atoms with Gasteiger partial charge in [0.2, 0.25) is 17.8 Å². The van der Waals surface area contributed by atoms with Crippen LogP contribution in [0.1, 0.15) is 72.1 Å². The Hall–Kier alpha value is -6.88. The summed E-state index contributed by atoms with van der Waals surface area (Å²) in [6.07, 6.45) is 12.3. The molecule has 7 heterocycles. The number of halogens is 1. The van der Waals surface area contributed by atoms with Crippen LogP contribution in [0.3, 0.4) is 0 Å². The maximum atomic E-state index is 13.7. The number of carbonyl (C=O) groups excluding carboxylic acids is 4. The first-order chi connectivity index (χ1) is 36.1. The van der Waals surface area contributed by atoms with Crippen molar-refractivity contribution in [3.63, 3.8) is 0 Å². The van der Waals surface area contributed by atoms with Crippen LogP contribution in [0.2, 0.25) is 0 Å². The van der Waals surface area contributed by atoms with Crippen molar-refractivity contribution in [2.24, 2.45) is 12.5 Å². The third-order valence-electron chi connectivity index (χ3n) is 15.9. The molecule has 6 aromatic rings. The lowest BCUT2D eigenvalue weighted by atomic mass is 9.72. The average Bonchev–Trinajstić information content (AvgIpc) is 3.96. The molecule has 5 aliphatic rings. The number of hydrogen-bond donors (Lipinski definition) is 3. The Bertz CT molecular complexity index is 3270. The van der Waals surface area contributed by atoms with Gasteiger partial charge in [-0.1, -0.05) is 36.4 Å². The number of carbonyl (C=O) groups is 4. The van der Waals surface area contributed by atoms with Gasteiger partial charge in [-0.05, 0) is 134 Å². The molecule has 5 aliphatic heterocycles. The Kier molecular flexibility index (Phi) is 13.6. The zero-order chi connectivity index (χ0) is 52.2. The lowest BCUT2D eigenvalue weighted by molar-refractivity contribution is -0.136. The van der Waals surface area contributed by atoms with E-state index in [0.29, 0.717) is 50.5 Å². The number of imide groups is 2. The van der Waals surface area contributed by atoms with Gasteiger partial charge in [-0.25, -0.2) is 4.98 Å². The largest absolute Gasteiger partial charge is 0.494 e. The molecule has 1 unspecified atom stereocenters. The van der Waals surface area contributed by atoms with Gasteiger partial charge >= 0.3 is 0 Å². The zero-order valence-corrected chi connectivity index (χ0v) is 45.1. The van der Waals surface area contributed by atoms with Gasteiger partial charge in [-0.2, -0.15) is 10.1 Å². The quantitative estimate of drug-likeness (QED) is 0.0780. The number of rotatable bonds is 12. The summed E-state index contributed by atoms with van der Waals surface area (Å²) in [4.78, 5) is 69.5. The Morgan fingerprint density at radius 1 is 0.773 bits per heavy atom. The second-order valence-corrected chi connectivity index (χ2v) is 25.1. The average molecular weight is 1100 g/mol. The minimum absolute atomic E-state index is 0.0882. The molecule has 1 atom stereocenters. The Morgan fingerprint density at radius 2 is 1.55 bits per heavy atom. The highest BCUT2D eigenvalue weighted by Crippen LogP contribution is 2.46. The van der Waals surface area contributed by atoms with Crippen molar-refractivity contribution in [3.05, 3.63) is 113 Å². The summed E-state index contributed by atoms with van der Waals surface area (Å²) in [6, 6.07) is 25.2. The van der Waals surface area contributed by atoms with Crippen molar-refractivity contribution in [1.82, 2.24) is 34.9 Å². The Balaban J connectivity index is 0.759. The summed E-state index contributed by atoms with van der Waals surface area (Å²) in [7, 11) is 0.880. The maximum absolute atomic E-state index is 13.7. The summed E-state index contributed by atoms with van der Waals surface area (Å²) in [5.41, 5.74) is 8.24. The highest BCUT2D eigenvalue weighted by molar-refractivity contribution is 9.10. The third-order valence-corrected chi connectivity index (χ3v) is 18.0. The minimum atomic E-state index is -2.72. The number of nitrogens with one attached hydrogen (secondary N) is 3. The fourth-order valence-electron chi connectivity index (χ4n) is 11.9. The van der Waals surface area contributed by atoms with Gasteiger partial charge in [-0.3, -0.25) is 39.0 Å². The number of ether oxygens (including phenoxy) is 1. The number of piperidine rings is 4. The molecule has 4 fully saturated rings. The SMILES string of the molecule is COc1cc(N2CCC(N3CCCC4(CCN(c5ccc6c(c5)C(=O)N(C5CCC(=O)NC5=O)C6=O)CC4)C3)CC2)c(-c2cnn(C)c2)cc1Nc1ncc(Br)c(Nc2ccc(-c3ccccc3)cc2P(C)(C)=O)n1. The van der Waals surface area contributed by atoms with E-state index in [1.54, 1.807) is 32.7 Å². The van der Waals surface area contributed by atoms with Crippen molar-refractivity contribution in [3.8, 4) is 28.0 Å². The summed E-state index contributed by atoms with van der Waals surface area (Å²) in [5.74, 6) is -0.438. The van der Waals surface area contributed by atoms with E-state index in [9.17, 15) is 23.7 Å². The monoisotopic (exact) mass is 1090 g/mol. The first-order valence-corrected chi connectivity index (χ1v) is 29.2. The van der Waals surface area contributed by atoms with Gasteiger partial charge in [0.25, 0.3) is 11.8 Å². The van der Waals surface area contributed by atoms with Gasteiger partial charge in [0.05, 0.1) is 40.3 Å². The minimum Gasteiger partial charge on any atom is -0.494 e. The first-order valence-electron chi connectivity index (χ1n) is 25.8. The van der Waals surface area contributed by atoms with E-state index >= 15 is 0 Å². The molecule has 2 aromatic heterocycles. The van der Waals surface area contributed by atoms with E-state index in [1.807, 2.05) is 84.8 Å². The molecule has 17 nitrogen and oxygen atoms in total. The molecule has 1 spiro atoms. The fraction of sp³-hybridized carbons (Fsp3) is 0.375. The summed E-state index contributed by atoms with van der Waals surface area (Å²) >= 11 is 3.65. The zero-order valence-electron chi connectivity index (χ0n) is 42.6. The molecule has 388 valence electrons. The highest BCUT2D eigenvalue weighted by Gasteiger charge is 2.46. The van der Waals surface area contributed by atoms with Crippen LogP contribution in [0.15, 0.2) is 102 Å². The van der Waals surface area contributed by atoms with E-state index in [1.165, 1.54) is 6.42 Å². The van der Waals surface area contributed by atoms with Crippen LogP contribution in [0.4, 0.5) is 34.5 Å².